The number of carbonyl (C=O) groups excluding carboxylic acids is 2. The first-order valence-corrected chi connectivity index (χ1v) is 11.3. The van der Waals surface area contributed by atoms with Crippen molar-refractivity contribution in [1.29, 1.82) is 0 Å². The lowest BCUT2D eigenvalue weighted by Crippen LogP contribution is -2.30. The van der Waals surface area contributed by atoms with Gasteiger partial charge in [-0.25, -0.2) is 9.18 Å². The van der Waals surface area contributed by atoms with Gasteiger partial charge in [-0.3, -0.25) is 4.79 Å². The van der Waals surface area contributed by atoms with Crippen LogP contribution >= 0.6 is 0 Å². The van der Waals surface area contributed by atoms with Gasteiger partial charge in [0.05, 0.1) is 11.4 Å². The number of hydrogen-bond acceptors (Lipinski definition) is 4. The first kappa shape index (κ1) is 22.4. The summed E-state index contributed by atoms with van der Waals surface area (Å²) >= 11 is 0. The molecule has 5 rings (SSSR count). The number of phenols is 1. The Morgan fingerprint density at radius 1 is 1.11 bits per heavy atom. The molecule has 0 bridgehead atoms. The van der Waals surface area contributed by atoms with E-state index in [1.165, 1.54) is 22.9 Å². The fourth-order valence-electron chi connectivity index (χ4n) is 3.97. The van der Waals surface area contributed by atoms with Crippen molar-refractivity contribution >= 4 is 17.6 Å². The summed E-state index contributed by atoms with van der Waals surface area (Å²) in [6.45, 7) is 0.155. The van der Waals surface area contributed by atoms with E-state index >= 15 is 0 Å². The molecule has 0 radical (unpaired) electrons. The molecular formula is C26H24FN5O3. The van der Waals surface area contributed by atoms with Gasteiger partial charge in [0.1, 0.15) is 17.3 Å². The maximum absolute atomic E-state index is 13.5. The lowest BCUT2D eigenvalue weighted by atomic mass is 10.1. The van der Waals surface area contributed by atoms with Crippen LogP contribution in [0.3, 0.4) is 0 Å². The number of phenolic OH excluding ortho intramolecular Hbond substituents is 1. The largest absolute Gasteiger partial charge is 0.507 e. The second-order valence-electron chi connectivity index (χ2n) is 8.62. The number of nitrogens with one attached hydrogen (secondary N) is 2. The zero-order chi connectivity index (χ0) is 24.5. The molecule has 35 heavy (non-hydrogen) atoms. The highest BCUT2D eigenvalue weighted by molar-refractivity contribution is 6.03. The Hall–Kier alpha value is -4.40. The van der Waals surface area contributed by atoms with Crippen LogP contribution in [0.2, 0.25) is 0 Å². The topological polar surface area (TPSA) is 101 Å². The van der Waals surface area contributed by atoms with Gasteiger partial charge in [0, 0.05) is 37.0 Å². The molecule has 2 aromatic heterocycles. The van der Waals surface area contributed by atoms with Crippen LogP contribution in [-0.2, 0) is 13.6 Å². The molecule has 2 aromatic carbocycles. The van der Waals surface area contributed by atoms with E-state index in [4.69, 9.17) is 0 Å². The van der Waals surface area contributed by atoms with E-state index in [9.17, 15) is 19.1 Å². The van der Waals surface area contributed by atoms with Crippen molar-refractivity contribution in [2.75, 3.05) is 5.32 Å². The zero-order valence-electron chi connectivity index (χ0n) is 19.0. The fraction of sp³-hybridized carbons (Fsp3) is 0.192. The molecule has 1 aliphatic carbocycles. The monoisotopic (exact) mass is 473 g/mol. The number of anilines is 1. The summed E-state index contributed by atoms with van der Waals surface area (Å²) in [5.41, 5.74) is 3.18. The number of nitrogens with zero attached hydrogens (tertiary/aromatic N) is 3. The molecule has 0 aliphatic heterocycles. The Morgan fingerprint density at radius 2 is 1.94 bits per heavy atom. The van der Waals surface area contributed by atoms with Gasteiger partial charge in [-0.2, -0.15) is 9.78 Å². The summed E-state index contributed by atoms with van der Waals surface area (Å²) in [6.07, 6.45) is 3.67. The minimum Gasteiger partial charge on any atom is -0.507 e. The third kappa shape index (κ3) is 4.79. The average molecular weight is 474 g/mol. The van der Waals surface area contributed by atoms with Gasteiger partial charge in [0.15, 0.2) is 0 Å². The molecule has 3 N–H and O–H groups in total. The summed E-state index contributed by atoms with van der Waals surface area (Å²) in [4.78, 5) is 25.5. The van der Waals surface area contributed by atoms with Crippen molar-refractivity contribution < 1.29 is 19.1 Å². The van der Waals surface area contributed by atoms with E-state index in [2.05, 4.69) is 15.7 Å². The Kier molecular flexibility index (Phi) is 5.82. The van der Waals surface area contributed by atoms with Crippen LogP contribution in [0.25, 0.3) is 11.3 Å². The van der Waals surface area contributed by atoms with Gasteiger partial charge < -0.3 is 20.3 Å². The van der Waals surface area contributed by atoms with Crippen molar-refractivity contribution in [1.82, 2.24) is 19.7 Å². The summed E-state index contributed by atoms with van der Waals surface area (Å²) in [7, 11) is 1.78. The molecule has 1 saturated carbocycles. The van der Waals surface area contributed by atoms with Gasteiger partial charge >= 0.3 is 6.03 Å². The standard InChI is InChI=1S/C26H24FN5O3/c1-31-11-3-6-22(31)25(34)29-19-9-10-24(33)20(13-19)21-14-23(17-7-8-17)32(30-21)26(35)28-15-16-4-2-5-18(27)12-16/h2-6,9-14,17,33H,7-8,15H2,1H3,(H,28,35)(H,29,34). The molecule has 0 atom stereocenters. The number of rotatable bonds is 6. The maximum atomic E-state index is 13.5. The number of hydrogen-bond donors (Lipinski definition) is 3. The molecule has 4 aromatic rings. The van der Waals surface area contributed by atoms with E-state index in [1.54, 1.807) is 60.3 Å². The van der Waals surface area contributed by atoms with Crippen LogP contribution < -0.4 is 10.6 Å². The molecule has 9 heteroatoms. The number of aryl methyl sites for hydroxylation is 1. The first-order chi connectivity index (χ1) is 16.9. The minimum atomic E-state index is -0.435. The second kappa shape index (κ2) is 9.09. The third-order valence-electron chi connectivity index (χ3n) is 5.96. The maximum Gasteiger partial charge on any atom is 0.342 e. The zero-order valence-corrected chi connectivity index (χ0v) is 19.0. The predicted octanol–water partition coefficient (Wildman–Crippen LogP) is 4.62. The summed E-state index contributed by atoms with van der Waals surface area (Å²) < 4.78 is 16.5. The molecule has 0 spiro atoms. The van der Waals surface area contributed by atoms with Crippen LogP contribution in [0.5, 0.6) is 5.75 Å². The quantitative estimate of drug-likeness (QED) is 0.356. The number of aromatic nitrogens is 3. The van der Waals surface area contributed by atoms with E-state index in [-0.39, 0.29) is 29.9 Å². The third-order valence-corrected chi connectivity index (χ3v) is 5.96. The molecule has 0 saturated heterocycles. The normalized spacial score (nSPS) is 13.0. The lowest BCUT2D eigenvalue weighted by Gasteiger charge is -2.09. The van der Waals surface area contributed by atoms with Crippen LogP contribution in [0, 0.1) is 5.82 Å². The van der Waals surface area contributed by atoms with Crippen LogP contribution in [0.4, 0.5) is 14.9 Å². The molecule has 8 nitrogen and oxygen atoms in total. The van der Waals surface area contributed by atoms with Gasteiger partial charge in [-0.15, -0.1) is 0 Å². The number of halogens is 1. The summed E-state index contributed by atoms with van der Waals surface area (Å²) in [5.74, 6) is -0.464. The van der Waals surface area contributed by atoms with E-state index < -0.39 is 6.03 Å². The van der Waals surface area contributed by atoms with Gasteiger partial charge in [-0.05, 0) is 66.9 Å². The van der Waals surface area contributed by atoms with Gasteiger partial charge in [0.2, 0.25) is 0 Å². The summed E-state index contributed by atoms with van der Waals surface area (Å²) in [5, 5.41) is 20.6. The second-order valence-corrected chi connectivity index (χ2v) is 8.62. The number of carbonyl (C=O) groups is 2. The van der Waals surface area contributed by atoms with Crippen LogP contribution in [0.1, 0.15) is 40.5 Å². The molecule has 178 valence electrons. The van der Waals surface area contributed by atoms with Gasteiger partial charge in [0.25, 0.3) is 5.91 Å². The summed E-state index contributed by atoms with van der Waals surface area (Å²) in [6, 6.07) is 15.6. The predicted molar refractivity (Wildman–Crippen MR) is 129 cm³/mol. The Morgan fingerprint density at radius 3 is 2.66 bits per heavy atom. The lowest BCUT2D eigenvalue weighted by molar-refractivity contribution is 0.101. The number of aromatic hydroxyl groups is 1. The van der Waals surface area contributed by atoms with E-state index in [0.29, 0.717) is 28.2 Å². The fourth-order valence-corrected chi connectivity index (χ4v) is 3.97. The Labute approximate surface area is 201 Å². The average Bonchev–Trinajstić information content (AvgIpc) is 3.44. The highest BCUT2D eigenvalue weighted by atomic mass is 19.1. The first-order valence-electron chi connectivity index (χ1n) is 11.3. The van der Waals surface area contributed by atoms with E-state index in [1.807, 2.05) is 0 Å². The Balaban J connectivity index is 1.39. The highest BCUT2D eigenvalue weighted by Gasteiger charge is 2.31. The minimum absolute atomic E-state index is 0.0194. The van der Waals surface area contributed by atoms with Crippen molar-refractivity contribution in [3.8, 4) is 17.0 Å². The SMILES string of the molecule is Cn1cccc1C(=O)Nc1ccc(O)c(-c2cc(C3CC3)n(C(=O)NCc3cccc(F)c3)n2)c1. The molecule has 1 fully saturated rings. The molecule has 0 unspecified atom stereocenters. The van der Waals surface area contributed by atoms with Crippen LogP contribution in [-0.4, -0.2) is 31.4 Å². The molecule has 2 heterocycles. The van der Waals surface area contributed by atoms with Crippen molar-refractivity contribution in [2.45, 2.75) is 25.3 Å². The smallest absolute Gasteiger partial charge is 0.342 e. The number of amides is 2. The number of benzene rings is 2. The van der Waals surface area contributed by atoms with Crippen molar-refractivity contribution in [3.05, 3.63) is 89.6 Å². The van der Waals surface area contributed by atoms with Gasteiger partial charge in [-0.1, -0.05) is 12.1 Å². The molecule has 2 amide bonds. The van der Waals surface area contributed by atoms with Crippen LogP contribution in [0.15, 0.2) is 66.9 Å². The van der Waals surface area contributed by atoms with Crippen molar-refractivity contribution in [3.63, 3.8) is 0 Å². The molecular weight excluding hydrogens is 449 g/mol. The van der Waals surface area contributed by atoms with Crippen molar-refractivity contribution in [2.24, 2.45) is 7.05 Å². The Bertz CT molecular complexity index is 1420. The highest BCUT2D eigenvalue weighted by Crippen LogP contribution is 2.42. The van der Waals surface area contributed by atoms with E-state index in [0.717, 1.165) is 18.5 Å². The molecule has 1 aliphatic rings.